The van der Waals surface area contributed by atoms with Crippen molar-refractivity contribution in [3.05, 3.63) is 28.8 Å². The number of benzene rings is 1. The Labute approximate surface area is 192 Å². The Bertz CT molecular complexity index is 920. The van der Waals surface area contributed by atoms with E-state index in [1.807, 2.05) is 19.9 Å². The van der Waals surface area contributed by atoms with E-state index in [0.717, 1.165) is 12.0 Å². The van der Waals surface area contributed by atoms with Gasteiger partial charge in [-0.3, -0.25) is 14.4 Å². The number of aliphatic hydroxyl groups excluding tert-OH is 1. The number of nitrogens with one attached hydrogen (secondary N) is 2. The van der Waals surface area contributed by atoms with Gasteiger partial charge in [0.15, 0.2) is 0 Å². The predicted molar refractivity (Wildman–Crippen MR) is 119 cm³/mol. The average Bonchev–Trinajstić information content (AvgIpc) is 3.41. The highest BCUT2D eigenvalue weighted by molar-refractivity contribution is 6.34. The maximum atomic E-state index is 13.6. The number of aliphatic hydroxyl groups is 1. The van der Waals surface area contributed by atoms with E-state index < -0.39 is 41.5 Å². The minimum Gasteiger partial charge on any atom is -0.394 e. The van der Waals surface area contributed by atoms with Crippen molar-refractivity contribution >= 4 is 35.0 Å². The van der Waals surface area contributed by atoms with Gasteiger partial charge in [-0.1, -0.05) is 30.7 Å². The minimum atomic E-state index is -1.10. The smallest absolute Gasteiger partial charge is 0.250 e. The predicted octanol–water partition coefficient (Wildman–Crippen LogP) is 1.87. The van der Waals surface area contributed by atoms with E-state index in [1.165, 1.54) is 4.90 Å². The number of likely N-dealkylation sites (tertiary alicyclic amines) is 1. The van der Waals surface area contributed by atoms with Gasteiger partial charge in [0.25, 0.3) is 0 Å². The number of amides is 3. The first-order valence-corrected chi connectivity index (χ1v) is 11.6. The lowest BCUT2D eigenvalue weighted by molar-refractivity contribution is -0.143. The first-order chi connectivity index (χ1) is 15.3. The van der Waals surface area contributed by atoms with Crippen molar-refractivity contribution in [2.24, 2.45) is 11.8 Å². The zero-order valence-corrected chi connectivity index (χ0v) is 19.3. The molecule has 1 aromatic carbocycles. The fourth-order valence-electron chi connectivity index (χ4n) is 5.60. The molecule has 1 aromatic rings. The number of carbonyl (C=O) groups is 3. The van der Waals surface area contributed by atoms with Crippen molar-refractivity contribution in [1.82, 2.24) is 10.2 Å². The third-order valence-corrected chi connectivity index (χ3v) is 7.36. The summed E-state index contributed by atoms with van der Waals surface area (Å²) in [5.74, 6) is -2.35. The summed E-state index contributed by atoms with van der Waals surface area (Å²) in [5, 5.41) is 16.0. The van der Waals surface area contributed by atoms with E-state index in [1.54, 1.807) is 19.1 Å². The monoisotopic (exact) mass is 463 g/mol. The summed E-state index contributed by atoms with van der Waals surface area (Å²) in [4.78, 5) is 41.6. The number of hydrogen-bond acceptors (Lipinski definition) is 5. The molecule has 0 saturated carbocycles. The highest BCUT2D eigenvalue weighted by atomic mass is 35.5. The number of halogens is 1. The second-order valence-electron chi connectivity index (χ2n) is 9.05. The van der Waals surface area contributed by atoms with E-state index in [-0.39, 0.29) is 18.4 Å². The van der Waals surface area contributed by atoms with E-state index in [2.05, 4.69) is 10.6 Å². The maximum absolute atomic E-state index is 13.6. The van der Waals surface area contributed by atoms with E-state index >= 15 is 0 Å². The molecule has 3 amide bonds. The van der Waals surface area contributed by atoms with Crippen LogP contribution in [-0.4, -0.2) is 64.7 Å². The summed E-state index contributed by atoms with van der Waals surface area (Å²) >= 11 is 6.32. The largest absolute Gasteiger partial charge is 0.394 e. The van der Waals surface area contributed by atoms with Crippen molar-refractivity contribution in [3.63, 3.8) is 0 Å². The lowest BCUT2D eigenvalue weighted by atomic mass is 9.70. The third kappa shape index (κ3) is 3.40. The Morgan fingerprint density at radius 3 is 2.78 bits per heavy atom. The molecular formula is C23H30ClN3O5. The van der Waals surface area contributed by atoms with Gasteiger partial charge < -0.3 is 25.4 Å². The standard InChI is InChI=1S/C23H30ClN3O5/c1-4-10-25-20(29)16-15-8-9-23(32-15)17(16)22(31)27(13(3)11-28)19(23)21(30)26-18-12(2)6-5-7-14(18)24/h5-7,13,15-17,19,28H,4,8-11H2,1-3H3,(H,25,29)(H,26,30)/t13-,15+,16-,17+,19?,23?/m1/s1. The SMILES string of the molecule is CCCNC(=O)[C@@H]1[C@@H]2CCC3(O2)C(C(=O)Nc2c(C)cccc2Cl)N([C@H](C)CO)C(=O)[C@H]13. The molecule has 2 unspecified atom stereocenters. The molecule has 3 heterocycles. The summed E-state index contributed by atoms with van der Waals surface area (Å²) in [6.07, 6.45) is 1.48. The molecule has 32 heavy (non-hydrogen) atoms. The Balaban J connectivity index is 1.72. The number of aryl methyl sites for hydroxylation is 1. The lowest BCUT2D eigenvalue weighted by Crippen LogP contribution is -2.55. The van der Waals surface area contributed by atoms with Crippen molar-refractivity contribution in [2.75, 3.05) is 18.5 Å². The Morgan fingerprint density at radius 1 is 1.38 bits per heavy atom. The highest BCUT2D eigenvalue weighted by Crippen LogP contribution is 2.58. The summed E-state index contributed by atoms with van der Waals surface area (Å²) in [5.41, 5.74) is 0.172. The second-order valence-corrected chi connectivity index (χ2v) is 9.45. The number of anilines is 1. The topological polar surface area (TPSA) is 108 Å². The molecule has 0 aliphatic carbocycles. The van der Waals surface area contributed by atoms with Crippen LogP contribution in [0.3, 0.4) is 0 Å². The highest BCUT2D eigenvalue weighted by Gasteiger charge is 2.74. The zero-order chi connectivity index (χ0) is 23.2. The second kappa shape index (κ2) is 8.65. The molecule has 3 N–H and O–H groups in total. The van der Waals surface area contributed by atoms with E-state index in [4.69, 9.17) is 16.3 Å². The molecule has 8 nitrogen and oxygen atoms in total. The van der Waals surface area contributed by atoms with E-state index in [9.17, 15) is 19.5 Å². The number of nitrogens with zero attached hydrogens (tertiary/aromatic N) is 1. The first kappa shape index (κ1) is 23.0. The summed E-state index contributed by atoms with van der Waals surface area (Å²) < 4.78 is 6.33. The van der Waals surface area contributed by atoms with Gasteiger partial charge in [-0.15, -0.1) is 0 Å². The van der Waals surface area contributed by atoms with Gasteiger partial charge in [-0.05, 0) is 44.7 Å². The Kier molecular flexibility index (Phi) is 6.22. The lowest BCUT2D eigenvalue weighted by Gasteiger charge is -2.35. The van der Waals surface area contributed by atoms with Crippen LogP contribution in [0.5, 0.6) is 0 Å². The van der Waals surface area contributed by atoms with Crippen LogP contribution in [0.25, 0.3) is 0 Å². The molecule has 0 radical (unpaired) electrons. The van der Waals surface area contributed by atoms with Crippen LogP contribution in [0.2, 0.25) is 5.02 Å². The van der Waals surface area contributed by atoms with Gasteiger partial charge in [0.1, 0.15) is 11.6 Å². The van der Waals surface area contributed by atoms with Crippen LogP contribution in [-0.2, 0) is 19.1 Å². The van der Waals surface area contributed by atoms with Gasteiger partial charge >= 0.3 is 0 Å². The van der Waals surface area contributed by atoms with Crippen molar-refractivity contribution in [2.45, 2.75) is 63.8 Å². The van der Waals surface area contributed by atoms with Crippen LogP contribution in [0.1, 0.15) is 38.7 Å². The maximum Gasteiger partial charge on any atom is 0.250 e. The average molecular weight is 464 g/mol. The van der Waals surface area contributed by atoms with Crippen LogP contribution in [0.4, 0.5) is 5.69 Å². The fourth-order valence-corrected chi connectivity index (χ4v) is 5.87. The summed E-state index contributed by atoms with van der Waals surface area (Å²) in [7, 11) is 0. The van der Waals surface area contributed by atoms with Gasteiger partial charge in [0.05, 0.1) is 41.3 Å². The Morgan fingerprint density at radius 2 is 2.12 bits per heavy atom. The summed E-state index contributed by atoms with van der Waals surface area (Å²) in [6, 6.07) is 3.75. The van der Waals surface area contributed by atoms with Crippen LogP contribution < -0.4 is 10.6 Å². The van der Waals surface area contributed by atoms with Gasteiger partial charge in [-0.25, -0.2) is 0 Å². The molecule has 0 aromatic heterocycles. The molecule has 6 atom stereocenters. The molecular weight excluding hydrogens is 434 g/mol. The molecule has 3 saturated heterocycles. The quantitative estimate of drug-likeness (QED) is 0.572. The Hall–Kier alpha value is -2.16. The van der Waals surface area contributed by atoms with Crippen LogP contribution >= 0.6 is 11.6 Å². The van der Waals surface area contributed by atoms with Crippen LogP contribution in [0.15, 0.2) is 18.2 Å². The molecule has 4 rings (SSSR count). The number of hydrogen-bond donors (Lipinski definition) is 3. The van der Waals surface area contributed by atoms with Gasteiger partial charge in [0, 0.05) is 6.54 Å². The molecule has 1 spiro atoms. The van der Waals surface area contributed by atoms with Crippen molar-refractivity contribution < 1.29 is 24.2 Å². The zero-order valence-electron chi connectivity index (χ0n) is 18.6. The summed E-state index contributed by atoms with van der Waals surface area (Å²) in [6.45, 7) is 5.70. The van der Waals surface area contributed by atoms with Crippen LogP contribution in [0, 0.1) is 18.8 Å². The van der Waals surface area contributed by atoms with Crippen molar-refractivity contribution in [3.8, 4) is 0 Å². The van der Waals surface area contributed by atoms with Gasteiger partial charge in [-0.2, -0.15) is 0 Å². The van der Waals surface area contributed by atoms with Gasteiger partial charge in [0.2, 0.25) is 17.7 Å². The molecule has 3 fully saturated rings. The number of ether oxygens (including phenoxy) is 1. The first-order valence-electron chi connectivity index (χ1n) is 11.2. The molecule has 9 heteroatoms. The normalized spacial score (nSPS) is 31.5. The van der Waals surface area contributed by atoms with E-state index in [0.29, 0.717) is 30.1 Å². The number of fused-ring (bicyclic) bond motifs is 1. The number of carbonyl (C=O) groups excluding carboxylic acids is 3. The third-order valence-electron chi connectivity index (χ3n) is 7.05. The molecule has 2 bridgehead atoms. The molecule has 174 valence electrons. The van der Waals surface area contributed by atoms with Crippen molar-refractivity contribution in [1.29, 1.82) is 0 Å². The number of para-hydroxylation sites is 1. The fraction of sp³-hybridized carbons (Fsp3) is 0.609. The molecule has 3 aliphatic heterocycles. The minimum absolute atomic E-state index is 0.212. The number of rotatable bonds is 7. The molecule has 3 aliphatic rings.